The Balaban J connectivity index is 0.000000142. The van der Waals surface area contributed by atoms with Gasteiger partial charge in [0.05, 0.1) is 39.9 Å². The van der Waals surface area contributed by atoms with Gasteiger partial charge in [-0.15, -0.1) is 0 Å². The quantitative estimate of drug-likeness (QED) is 0.151. The van der Waals surface area contributed by atoms with E-state index in [1.54, 1.807) is 6.20 Å². The van der Waals surface area contributed by atoms with Crippen molar-refractivity contribution in [3.8, 4) is 0 Å². The lowest BCUT2D eigenvalue weighted by Crippen LogP contribution is -2.02. The Hall–Kier alpha value is -6.68. The number of nitrogens with zero attached hydrogens (tertiary/aromatic N) is 7. The zero-order valence-electron chi connectivity index (χ0n) is 33.0. The van der Waals surface area contributed by atoms with Crippen LogP contribution in [0.4, 0.5) is 11.4 Å². The van der Waals surface area contributed by atoms with Crippen LogP contribution in [-0.2, 0) is 30.5 Å². The molecule has 286 valence electrons. The number of benzene rings is 2. The summed E-state index contributed by atoms with van der Waals surface area (Å²) in [4.78, 5) is 42.2. The van der Waals surface area contributed by atoms with E-state index in [-0.39, 0.29) is 6.42 Å². The third-order valence-corrected chi connectivity index (χ3v) is 10.4. The highest BCUT2D eigenvalue weighted by Crippen LogP contribution is 2.35. The first kappa shape index (κ1) is 38.6. The van der Waals surface area contributed by atoms with Crippen LogP contribution in [0.15, 0.2) is 103 Å². The number of carbonyl (C=O) groups is 1. The fourth-order valence-corrected chi connectivity index (χ4v) is 7.17. The van der Waals surface area contributed by atoms with Gasteiger partial charge in [0, 0.05) is 87.7 Å². The average molecular weight is 755 g/mol. The van der Waals surface area contributed by atoms with Crippen molar-refractivity contribution in [1.82, 2.24) is 29.9 Å². The number of nitrogens with two attached hydrogens (primary N) is 1. The molecule has 0 bridgehead atoms. The van der Waals surface area contributed by atoms with Gasteiger partial charge in [0.15, 0.2) is 0 Å². The van der Waals surface area contributed by atoms with Crippen LogP contribution in [0, 0.1) is 27.7 Å². The van der Waals surface area contributed by atoms with Crippen molar-refractivity contribution >= 4 is 66.7 Å². The van der Waals surface area contributed by atoms with Gasteiger partial charge in [-0.25, -0.2) is 0 Å². The predicted octanol–water partition coefficient (Wildman–Crippen LogP) is 9.70. The van der Waals surface area contributed by atoms with Gasteiger partial charge in [0.1, 0.15) is 0 Å². The molecule has 0 saturated heterocycles. The lowest BCUT2D eigenvalue weighted by atomic mass is 10.0. The molecule has 1 aliphatic rings. The Labute approximate surface area is 332 Å². The van der Waals surface area contributed by atoms with Crippen LogP contribution < -0.4 is 5.73 Å². The molecular formula is C47H46N8O2. The first-order chi connectivity index (χ1) is 27.6. The molecule has 0 atom stereocenters. The number of aromatic nitrogens is 6. The van der Waals surface area contributed by atoms with Crippen molar-refractivity contribution < 1.29 is 9.90 Å². The number of aliphatic imine (C=N–C) groups is 1. The van der Waals surface area contributed by atoms with Crippen LogP contribution in [0.25, 0.3) is 43.6 Å². The zero-order valence-corrected chi connectivity index (χ0v) is 33.0. The van der Waals surface area contributed by atoms with E-state index in [1.165, 1.54) is 16.8 Å². The van der Waals surface area contributed by atoms with Crippen LogP contribution >= 0.6 is 0 Å². The van der Waals surface area contributed by atoms with Gasteiger partial charge in [-0.05, 0) is 124 Å². The highest BCUT2D eigenvalue weighted by Gasteiger charge is 2.18. The topological polar surface area (TPSA) is 153 Å². The van der Waals surface area contributed by atoms with Gasteiger partial charge in [0.25, 0.3) is 0 Å². The molecule has 57 heavy (non-hydrogen) atoms. The van der Waals surface area contributed by atoms with Crippen molar-refractivity contribution in [1.29, 1.82) is 0 Å². The lowest BCUT2D eigenvalue weighted by molar-refractivity contribution is -0.136. The van der Waals surface area contributed by atoms with E-state index in [0.29, 0.717) is 6.42 Å². The normalized spacial score (nSPS) is 11.8. The highest BCUT2D eigenvalue weighted by atomic mass is 16.4. The molecule has 0 radical (unpaired) electrons. The summed E-state index contributed by atoms with van der Waals surface area (Å²) in [6, 6.07) is 24.5. The van der Waals surface area contributed by atoms with Gasteiger partial charge in [-0.1, -0.05) is 25.1 Å². The van der Waals surface area contributed by atoms with E-state index >= 15 is 0 Å². The number of rotatable bonds is 7. The Bertz CT molecular complexity index is 2820. The summed E-state index contributed by atoms with van der Waals surface area (Å²) in [6.07, 6.45) is 11.6. The van der Waals surface area contributed by atoms with E-state index in [4.69, 9.17) is 20.8 Å². The van der Waals surface area contributed by atoms with Gasteiger partial charge in [-0.2, -0.15) is 0 Å². The maximum atomic E-state index is 10.5. The Morgan fingerprint density at radius 2 is 1.32 bits per heavy atom. The smallest absolute Gasteiger partial charge is 0.303 e. The number of hydrogen-bond donors (Lipinski definition) is 2. The third kappa shape index (κ3) is 8.60. The highest BCUT2D eigenvalue weighted by molar-refractivity contribution is 6.02. The maximum absolute atomic E-state index is 10.5. The van der Waals surface area contributed by atoms with Crippen LogP contribution in [0.2, 0.25) is 0 Å². The first-order valence-electron chi connectivity index (χ1n) is 19.3. The van der Waals surface area contributed by atoms with Crippen LogP contribution in [-0.4, -0.2) is 46.7 Å². The van der Waals surface area contributed by atoms with Gasteiger partial charge in [0.2, 0.25) is 0 Å². The summed E-state index contributed by atoms with van der Waals surface area (Å²) in [5, 5.41) is 13.1. The minimum absolute atomic E-state index is 0.108. The largest absolute Gasteiger partial charge is 0.481 e. The number of pyridine rings is 6. The number of hydrogen-bond acceptors (Lipinski definition) is 9. The molecule has 0 unspecified atom stereocenters. The Kier molecular flexibility index (Phi) is 11.5. The number of carboxylic acid groups (broad SMARTS) is 1. The molecule has 0 saturated carbocycles. The van der Waals surface area contributed by atoms with Gasteiger partial charge in [-0.3, -0.25) is 39.7 Å². The van der Waals surface area contributed by atoms with Crippen LogP contribution in [0.5, 0.6) is 0 Å². The molecule has 7 heterocycles. The SMILES string of the molecule is CCc1ccc2ncccc2c1N.Cc1cnc(C)c2nc(CCC(=O)O)ccc12.Cc1ncc(C)c2nc(CCC3=Nc4c(ccc5ncccc45)C3)ccc12. The molecule has 2 aromatic carbocycles. The summed E-state index contributed by atoms with van der Waals surface area (Å²) in [6.45, 7) is 10.1. The van der Waals surface area contributed by atoms with E-state index in [0.717, 1.165) is 115 Å². The monoisotopic (exact) mass is 754 g/mol. The molecule has 0 aliphatic carbocycles. The number of aliphatic carboxylic acids is 1. The third-order valence-electron chi connectivity index (χ3n) is 10.4. The minimum Gasteiger partial charge on any atom is -0.481 e. The van der Waals surface area contributed by atoms with Crippen molar-refractivity contribution in [2.75, 3.05) is 5.73 Å². The number of anilines is 1. The second kappa shape index (κ2) is 17.0. The number of aryl methyl sites for hydroxylation is 7. The molecule has 0 fully saturated rings. The van der Waals surface area contributed by atoms with E-state index in [2.05, 4.69) is 69.1 Å². The molecule has 8 aromatic rings. The van der Waals surface area contributed by atoms with Crippen LogP contribution in [0.3, 0.4) is 0 Å². The lowest BCUT2D eigenvalue weighted by Gasteiger charge is -2.07. The summed E-state index contributed by atoms with van der Waals surface area (Å²) in [7, 11) is 0. The molecular weight excluding hydrogens is 709 g/mol. The summed E-state index contributed by atoms with van der Waals surface area (Å²) in [5.41, 5.74) is 21.6. The predicted molar refractivity (Wildman–Crippen MR) is 230 cm³/mol. The van der Waals surface area contributed by atoms with Crippen molar-refractivity contribution in [2.45, 2.75) is 73.1 Å². The Morgan fingerprint density at radius 3 is 2.07 bits per heavy atom. The number of fused-ring (bicyclic) bond motifs is 6. The first-order valence-corrected chi connectivity index (χ1v) is 19.3. The number of nitrogen functional groups attached to an aromatic ring is 1. The van der Waals surface area contributed by atoms with Gasteiger partial charge >= 0.3 is 5.97 Å². The average Bonchev–Trinajstić information content (AvgIpc) is 3.67. The van der Waals surface area contributed by atoms with Crippen LogP contribution in [0.1, 0.15) is 64.8 Å². The van der Waals surface area contributed by atoms with Crippen molar-refractivity contribution in [3.05, 3.63) is 143 Å². The fraction of sp³-hybridized carbons (Fsp3) is 0.234. The molecule has 10 heteroatoms. The summed E-state index contributed by atoms with van der Waals surface area (Å²) < 4.78 is 0. The molecule has 0 spiro atoms. The maximum Gasteiger partial charge on any atom is 0.303 e. The Morgan fingerprint density at radius 1 is 0.667 bits per heavy atom. The minimum atomic E-state index is -0.800. The standard InChI is InChI=1S/C23H20N4.C13H14N2O2.C11H12N2/c1-14-13-25-15(2)19-9-8-17(26-22(14)19)6-7-18-12-16-5-10-21-20(23(16)27-18)4-3-11-24-21;1-8-7-14-9(2)13-11(8)5-3-10(15-13)4-6-12(16)17;1-2-8-5-6-10-9(11(8)12)4-3-7-13-10/h3-5,8-11,13H,6-7,12H2,1-2H3;3,5,7H,4,6H2,1-2H3,(H,16,17);3-7H,2,12H2,1H3. The van der Waals surface area contributed by atoms with Crippen molar-refractivity contribution in [3.63, 3.8) is 0 Å². The summed E-state index contributed by atoms with van der Waals surface area (Å²) in [5.74, 6) is -0.800. The van der Waals surface area contributed by atoms with Gasteiger partial charge < -0.3 is 10.8 Å². The number of carboxylic acids is 1. The molecule has 0 amide bonds. The molecule has 6 aromatic heterocycles. The zero-order chi connectivity index (χ0) is 40.1. The fourth-order valence-electron chi connectivity index (χ4n) is 7.17. The molecule has 1 aliphatic heterocycles. The summed E-state index contributed by atoms with van der Waals surface area (Å²) >= 11 is 0. The van der Waals surface area contributed by atoms with E-state index in [1.807, 2.05) is 81.8 Å². The second-order valence-corrected chi connectivity index (χ2v) is 14.4. The second-order valence-electron chi connectivity index (χ2n) is 14.4. The molecule has 9 rings (SSSR count). The molecule has 10 nitrogen and oxygen atoms in total. The van der Waals surface area contributed by atoms with E-state index < -0.39 is 5.97 Å². The van der Waals surface area contributed by atoms with E-state index in [9.17, 15) is 4.79 Å². The van der Waals surface area contributed by atoms with Crippen molar-refractivity contribution in [2.24, 2.45) is 4.99 Å². The molecule has 3 N–H and O–H groups in total.